The number of ether oxygens (including phenoxy) is 1. The number of carbonyl (C=O) groups is 1. The highest BCUT2D eigenvalue weighted by Crippen LogP contribution is 2.44. The topological polar surface area (TPSA) is 48.6 Å². The lowest BCUT2D eigenvalue weighted by atomic mass is 9.72. The lowest BCUT2D eigenvalue weighted by Crippen LogP contribution is -2.40. The van der Waals surface area contributed by atoms with E-state index in [1.54, 1.807) is 0 Å². The monoisotopic (exact) mass is 341 g/mol. The highest BCUT2D eigenvalue weighted by atomic mass is 16.5. The van der Waals surface area contributed by atoms with Crippen molar-refractivity contribution in [3.8, 4) is 0 Å². The molecule has 25 heavy (non-hydrogen) atoms. The number of likely N-dealkylation sites (tertiary alicyclic amines) is 1. The van der Waals surface area contributed by atoms with Gasteiger partial charge < -0.3 is 19.5 Å². The Morgan fingerprint density at radius 2 is 2.12 bits per heavy atom. The zero-order chi connectivity index (χ0) is 17.4. The van der Waals surface area contributed by atoms with Gasteiger partial charge >= 0.3 is 0 Å². The summed E-state index contributed by atoms with van der Waals surface area (Å²) >= 11 is 0. The number of hydrogen-bond acceptors (Lipinski definition) is 3. The van der Waals surface area contributed by atoms with Crippen molar-refractivity contribution in [2.75, 3.05) is 46.9 Å². The van der Waals surface area contributed by atoms with Gasteiger partial charge in [0.1, 0.15) is 0 Å². The summed E-state index contributed by atoms with van der Waals surface area (Å²) in [5, 5.41) is 1.14. The SMILES string of the molecule is CN(C)CC1CN(C(=O)c2ccc3cc[nH]c3c2)CC12CCOCC2. The predicted octanol–water partition coefficient (Wildman–Crippen LogP) is 2.60. The first kappa shape index (κ1) is 16.6. The molecule has 0 bridgehead atoms. The van der Waals surface area contributed by atoms with Gasteiger partial charge in [-0.15, -0.1) is 0 Å². The molecule has 0 aliphatic carbocycles. The van der Waals surface area contributed by atoms with E-state index >= 15 is 0 Å². The van der Waals surface area contributed by atoms with Crippen molar-refractivity contribution in [3.05, 3.63) is 36.0 Å². The van der Waals surface area contributed by atoms with Crippen LogP contribution in [0.1, 0.15) is 23.2 Å². The molecule has 1 aromatic heterocycles. The molecule has 2 fully saturated rings. The summed E-state index contributed by atoms with van der Waals surface area (Å²) in [6, 6.07) is 7.99. The Balaban J connectivity index is 1.58. The number of aromatic nitrogens is 1. The zero-order valence-electron chi connectivity index (χ0n) is 15.1. The lowest BCUT2D eigenvalue weighted by Gasteiger charge is -2.38. The van der Waals surface area contributed by atoms with Crippen LogP contribution in [0, 0.1) is 11.3 Å². The number of hydrogen-bond donors (Lipinski definition) is 1. The van der Waals surface area contributed by atoms with E-state index in [9.17, 15) is 4.79 Å². The van der Waals surface area contributed by atoms with Gasteiger partial charge in [-0.1, -0.05) is 6.07 Å². The number of amides is 1. The van der Waals surface area contributed by atoms with Crippen LogP contribution >= 0.6 is 0 Å². The van der Waals surface area contributed by atoms with Gasteiger partial charge in [-0.2, -0.15) is 0 Å². The molecule has 0 radical (unpaired) electrons. The van der Waals surface area contributed by atoms with Crippen LogP contribution in [0.4, 0.5) is 0 Å². The quantitative estimate of drug-likeness (QED) is 0.933. The second-order valence-corrected chi connectivity index (χ2v) is 7.90. The second-order valence-electron chi connectivity index (χ2n) is 7.90. The molecule has 1 spiro atoms. The highest BCUT2D eigenvalue weighted by Gasteiger charge is 2.48. The van der Waals surface area contributed by atoms with Crippen molar-refractivity contribution < 1.29 is 9.53 Å². The zero-order valence-corrected chi connectivity index (χ0v) is 15.1. The van der Waals surface area contributed by atoms with Gasteiger partial charge in [-0.25, -0.2) is 0 Å². The predicted molar refractivity (Wildman–Crippen MR) is 98.7 cm³/mol. The molecule has 0 saturated carbocycles. The van der Waals surface area contributed by atoms with Gasteiger partial charge in [0.15, 0.2) is 0 Å². The fourth-order valence-corrected chi connectivity index (χ4v) is 4.59. The molecule has 134 valence electrons. The maximum absolute atomic E-state index is 13.1. The Morgan fingerprint density at radius 1 is 1.32 bits per heavy atom. The maximum atomic E-state index is 13.1. The van der Waals surface area contributed by atoms with Gasteiger partial charge in [-0.3, -0.25) is 4.79 Å². The summed E-state index contributed by atoms with van der Waals surface area (Å²) in [7, 11) is 4.24. The number of carbonyl (C=O) groups excluding carboxylic acids is 1. The molecule has 1 unspecified atom stereocenters. The fraction of sp³-hybridized carbons (Fsp3) is 0.550. The molecule has 2 aliphatic heterocycles. The first-order valence-electron chi connectivity index (χ1n) is 9.16. The number of aromatic amines is 1. The molecule has 1 atom stereocenters. The molecular formula is C20H27N3O2. The molecule has 2 saturated heterocycles. The molecular weight excluding hydrogens is 314 g/mol. The minimum absolute atomic E-state index is 0.156. The van der Waals surface area contributed by atoms with Crippen LogP contribution in [0.3, 0.4) is 0 Å². The Labute approximate surface area is 148 Å². The van der Waals surface area contributed by atoms with E-state index in [2.05, 4.69) is 28.9 Å². The average Bonchev–Trinajstić information content (AvgIpc) is 3.19. The largest absolute Gasteiger partial charge is 0.381 e. The normalized spacial score (nSPS) is 23.0. The van der Waals surface area contributed by atoms with Gasteiger partial charge in [0.05, 0.1) is 0 Å². The molecule has 2 aliphatic rings. The van der Waals surface area contributed by atoms with E-state index in [1.807, 2.05) is 30.5 Å². The minimum Gasteiger partial charge on any atom is -0.381 e. The Kier molecular flexibility index (Phi) is 4.29. The van der Waals surface area contributed by atoms with E-state index in [0.717, 1.165) is 62.2 Å². The summed E-state index contributed by atoms with van der Waals surface area (Å²) in [6.45, 7) is 4.37. The van der Waals surface area contributed by atoms with E-state index in [-0.39, 0.29) is 11.3 Å². The first-order chi connectivity index (χ1) is 12.1. The summed E-state index contributed by atoms with van der Waals surface area (Å²) < 4.78 is 5.61. The van der Waals surface area contributed by atoms with Gasteiger partial charge in [0, 0.05) is 50.1 Å². The number of rotatable bonds is 3. The van der Waals surface area contributed by atoms with Crippen molar-refractivity contribution >= 4 is 16.8 Å². The highest BCUT2D eigenvalue weighted by molar-refractivity contribution is 5.98. The second kappa shape index (κ2) is 6.46. The third kappa shape index (κ3) is 3.07. The first-order valence-corrected chi connectivity index (χ1v) is 9.16. The van der Waals surface area contributed by atoms with Crippen LogP contribution in [0.15, 0.2) is 30.5 Å². The van der Waals surface area contributed by atoms with Crippen molar-refractivity contribution in [2.45, 2.75) is 12.8 Å². The van der Waals surface area contributed by atoms with Crippen molar-refractivity contribution in [1.29, 1.82) is 0 Å². The molecule has 3 heterocycles. The van der Waals surface area contributed by atoms with E-state index in [1.165, 1.54) is 0 Å². The lowest BCUT2D eigenvalue weighted by molar-refractivity contribution is -0.00451. The van der Waals surface area contributed by atoms with Crippen molar-refractivity contribution in [3.63, 3.8) is 0 Å². The van der Waals surface area contributed by atoms with Crippen LogP contribution in [-0.2, 0) is 4.74 Å². The van der Waals surface area contributed by atoms with Crippen molar-refractivity contribution in [1.82, 2.24) is 14.8 Å². The molecule has 2 aromatic rings. The van der Waals surface area contributed by atoms with E-state index in [0.29, 0.717) is 5.92 Å². The van der Waals surface area contributed by atoms with Crippen LogP contribution in [0.2, 0.25) is 0 Å². The van der Waals surface area contributed by atoms with Gasteiger partial charge in [-0.05, 0) is 61.9 Å². The summed E-state index contributed by atoms with van der Waals surface area (Å²) in [6.07, 6.45) is 4.04. The van der Waals surface area contributed by atoms with Crippen LogP contribution in [-0.4, -0.2) is 67.6 Å². The molecule has 5 nitrogen and oxygen atoms in total. The summed E-state index contributed by atoms with van der Waals surface area (Å²) in [4.78, 5) is 20.7. The van der Waals surface area contributed by atoms with Crippen LogP contribution in [0.25, 0.3) is 10.9 Å². The third-order valence-electron chi connectivity index (χ3n) is 5.98. The number of nitrogens with one attached hydrogen (secondary N) is 1. The fourth-order valence-electron chi connectivity index (χ4n) is 4.59. The maximum Gasteiger partial charge on any atom is 0.253 e. The Hall–Kier alpha value is -1.85. The van der Waals surface area contributed by atoms with Crippen LogP contribution < -0.4 is 0 Å². The van der Waals surface area contributed by atoms with Crippen LogP contribution in [0.5, 0.6) is 0 Å². The average molecular weight is 341 g/mol. The van der Waals surface area contributed by atoms with Gasteiger partial charge in [0.2, 0.25) is 0 Å². The molecule has 1 aromatic carbocycles. The standard InChI is InChI=1S/C20H27N3O2/c1-22(2)12-17-13-23(14-20(17)6-9-25-10-7-20)19(24)16-4-3-15-5-8-21-18(15)11-16/h3-5,8,11,17,21H,6-7,9-10,12-14H2,1-2H3. The van der Waals surface area contributed by atoms with Gasteiger partial charge in [0.25, 0.3) is 5.91 Å². The number of nitrogens with zero attached hydrogens (tertiary/aromatic N) is 2. The number of H-pyrrole nitrogens is 1. The smallest absolute Gasteiger partial charge is 0.253 e. The molecule has 5 heteroatoms. The van der Waals surface area contributed by atoms with Crippen molar-refractivity contribution in [2.24, 2.45) is 11.3 Å². The molecule has 4 rings (SSSR count). The Bertz CT molecular complexity index is 761. The third-order valence-corrected chi connectivity index (χ3v) is 5.98. The molecule has 1 N–H and O–H groups in total. The summed E-state index contributed by atoms with van der Waals surface area (Å²) in [5.41, 5.74) is 2.02. The summed E-state index contributed by atoms with van der Waals surface area (Å²) in [5.74, 6) is 0.674. The molecule has 1 amide bonds. The number of benzene rings is 1. The number of fused-ring (bicyclic) bond motifs is 1. The van der Waals surface area contributed by atoms with E-state index < -0.39 is 0 Å². The minimum atomic E-state index is 0.156. The Morgan fingerprint density at radius 3 is 2.88 bits per heavy atom. The van der Waals surface area contributed by atoms with E-state index in [4.69, 9.17) is 4.74 Å².